The summed E-state index contributed by atoms with van der Waals surface area (Å²) in [6.45, 7) is 10.4. The van der Waals surface area contributed by atoms with Crippen LogP contribution in [0, 0.1) is 20.8 Å². The van der Waals surface area contributed by atoms with Crippen molar-refractivity contribution in [2.45, 2.75) is 33.7 Å². The summed E-state index contributed by atoms with van der Waals surface area (Å²) < 4.78 is 0. The monoisotopic (exact) mass is 376 g/mol. The first-order valence-electron chi connectivity index (χ1n) is 10.0. The van der Waals surface area contributed by atoms with Gasteiger partial charge in [0.2, 0.25) is 0 Å². The van der Waals surface area contributed by atoms with Gasteiger partial charge in [-0.3, -0.25) is 14.7 Å². The van der Waals surface area contributed by atoms with E-state index in [1.54, 1.807) is 0 Å². The number of fused-ring (bicyclic) bond motifs is 1. The molecule has 3 aromatic rings. The van der Waals surface area contributed by atoms with Gasteiger partial charge in [-0.1, -0.05) is 18.2 Å². The maximum absolute atomic E-state index is 13.0. The van der Waals surface area contributed by atoms with Crippen molar-refractivity contribution >= 4 is 16.8 Å². The number of nitrogens with one attached hydrogen (secondary N) is 1. The summed E-state index contributed by atoms with van der Waals surface area (Å²) in [5.74, 6) is 0.122. The molecular formula is C23H28N4O. The van der Waals surface area contributed by atoms with Gasteiger partial charge in [-0.15, -0.1) is 0 Å². The largest absolute Gasteiger partial charge is 0.357 e. The van der Waals surface area contributed by atoms with E-state index in [9.17, 15) is 4.79 Å². The number of nitrogens with zero attached hydrogens (tertiary/aromatic N) is 3. The molecule has 28 heavy (non-hydrogen) atoms. The molecule has 4 rings (SSSR count). The zero-order valence-corrected chi connectivity index (χ0v) is 17.0. The van der Waals surface area contributed by atoms with Crippen LogP contribution in [0.25, 0.3) is 10.9 Å². The molecule has 0 aliphatic carbocycles. The molecule has 0 unspecified atom stereocenters. The van der Waals surface area contributed by atoms with E-state index in [0.29, 0.717) is 0 Å². The van der Waals surface area contributed by atoms with Crippen LogP contribution in [0.1, 0.15) is 39.4 Å². The van der Waals surface area contributed by atoms with Crippen LogP contribution in [-0.4, -0.2) is 51.9 Å². The van der Waals surface area contributed by atoms with Gasteiger partial charge >= 0.3 is 0 Å². The molecule has 1 saturated heterocycles. The number of hydrogen-bond donors (Lipinski definition) is 1. The molecule has 0 saturated carbocycles. The average Bonchev–Trinajstić information content (AvgIpc) is 2.83. The third kappa shape index (κ3) is 3.80. The number of aromatic amines is 1. The van der Waals surface area contributed by atoms with E-state index >= 15 is 0 Å². The molecule has 0 radical (unpaired) electrons. The van der Waals surface area contributed by atoms with Gasteiger partial charge in [-0.05, 0) is 51.0 Å². The third-order valence-electron chi connectivity index (χ3n) is 5.66. The number of aromatic nitrogens is 2. The van der Waals surface area contributed by atoms with E-state index in [2.05, 4.69) is 46.1 Å². The number of carbonyl (C=O) groups excluding carboxylic acids is 1. The molecule has 1 fully saturated rings. The van der Waals surface area contributed by atoms with Crippen LogP contribution in [0.15, 0.2) is 36.4 Å². The topological polar surface area (TPSA) is 52.2 Å². The fourth-order valence-corrected chi connectivity index (χ4v) is 4.19. The van der Waals surface area contributed by atoms with Crippen LogP contribution in [-0.2, 0) is 6.54 Å². The molecular weight excluding hydrogens is 348 g/mol. The Balaban J connectivity index is 1.44. The van der Waals surface area contributed by atoms with Crippen LogP contribution < -0.4 is 0 Å². The van der Waals surface area contributed by atoms with Crippen LogP contribution in [0.3, 0.4) is 0 Å². The lowest BCUT2D eigenvalue weighted by Crippen LogP contribution is -2.35. The molecule has 1 aliphatic rings. The van der Waals surface area contributed by atoms with Crippen molar-refractivity contribution in [2.75, 3.05) is 26.2 Å². The molecule has 1 N–H and O–H groups in total. The van der Waals surface area contributed by atoms with E-state index in [1.807, 2.05) is 30.9 Å². The molecule has 5 nitrogen and oxygen atoms in total. The zero-order chi connectivity index (χ0) is 19.7. The fraction of sp³-hybridized carbons (Fsp3) is 0.391. The van der Waals surface area contributed by atoms with E-state index in [1.165, 1.54) is 22.2 Å². The zero-order valence-electron chi connectivity index (χ0n) is 17.0. The standard InChI is InChI=1S/C23H28N4O/c1-16-13-19(14-17(2)24-16)23(28)27-10-6-9-26(11-12-27)15-22-18(3)20-7-4-5-8-21(20)25-22/h4-5,7-8,13-14,25H,6,9-12,15H2,1-3H3. The first-order valence-corrected chi connectivity index (χ1v) is 10.0. The number of pyridine rings is 1. The second-order valence-corrected chi connectivity index (χ2v) is 7.83. The van der Waals surface area contributed by atoms with Crippen molar-refractivity contribution in [2.24, 2.45) is 0 Å². The minimum atomic E-state index is 0.122. The summed E-state index contributed by atoms with van der Waals surface area (Å²) in [6, 6.07) is 12.3. The maximum Gasteiger partial charge on any atom is 0.254 e. The lowest BCUT2D eigenvalue weighted by molar-refractivity contribution is 0.0760. The second kappa shape index (κ2) is 7.76. The Morgan fingerprint density at radius 2 is 1.79 bits per heavy atom. The van der Waals surface area contributed by atoms with Crippen molar-refractivity contribution in [3.8, 4) is 0 Å². The van der Waals surface area contributed by atoms with E-state index in [-0.39, 0.29) is 5.91 Å². The number of benzene rings is 1. The SMILES string of the molecule is Cc1cc(C(=O)N2CCCN(Cc3[nH]c4ccccc4c3C)CC2)cc(C)n1. The number of carbonyl (C=O) groups is 1. The Bertz CT molecular complexity index is 987. The molecule has 1 amide bonds. The minimum absolute atomic E-state index is 0.122. The van der Waals surface area contributed by atoms with E-state index in [0.717, 1.165) is 56.1 Å². The molecule has 0 atom stereocenters. The second-order valence-electron chi connectivity index (χ2n) is 7.83. The highest BCUT2D eigenvalue weighted by Crippen LogP contribution is 2.23. The van der Waals surface area contributed by atoms with E-state index in [4.69, 9.17) is 0 Å². The quantitative estimate of drug-likeness (QED) is 0.756. The normalized spacial score (nSPS) is 15.8. The molecule has 146 valence electrons. The van der Waals surface area contributed by atoms with Crippen molar-refractivity contribution < 1.29 is 4.79 Å². The first kappa shape index (κ1) is 18.7. The van der Waals surface area contributed by atoms with Gasteiger partial charge in [0.15, 0.2) is 0 Å². The highest BCUT2D eigenvalue weighted by atomic mass is 16.2. The van der Waals surface area contributed by atoms with Crippen molar-refractivity contribution in [1.29, 1.82) is 0 Å². The number of rotatable bonds is 3. The van der Waals surface area contributed by atoms with Gasteiger partial charge in [-0.2, -0.15) is 0 Å². The molecule has 3 heterocycles. The molecule has 1 aromatic carbocycles. The Morgan fingerprint density at radius 3 is 2.54 bits per heavy atom. The minimum Gasteiger partial charge on any atom is -0.357 e. The van der Waals surface area contributed by atoms with Crippen LogP contribution >= 0.6 is 0 Å². The van der Waals surface area contributed by atoms with E-state index < -0.39 is 0 Å². The fourth-order valence-electron chi connectivity index (χ4n) is 4.19. The predicted octanol–water partition coefficient (Wildman–Crippen LogP) is 3.84. The lowest BCUT2D eigenvalue weighted by Gasteiger charge is -2.22. The Kier molecular flexibility index (Phi) is 5.18. The third-order valence-corrected chi connectivity index (χ3v) is 5.66. The molecule has 5 heteroatoms. The van der Waals surface area contributed by atoms with Crippen molar-refractivity contribution in [3.05, 3.63) is 64.6 Å². The predicted molar refractivity (Wildman–Crippen MR) is 113 cm³/mol. The molecule has 1 aliphatic heterocycles. The maximum atomic E-state index is 13.0. The number of para-hydroxylation sites is 1. The summed E-state index contributed by atoms with van der Waals surface area (Å²) in [5.41, 5.74) is 6.36. The molecule has 0 spiro atoms. The Labute approximate surface area is 166 Å². The van der Waals surface area contributed by atoms with Gasteiger partial charge in [0.25, 0.3) is 5.91 Å². The van der Waals surface area contributed by atoms with Crippen molar-refractivity contribution in [3.63, 3.8) is 0 Å². The molecule has 2 aromatic heterocycles. The lowest BCUT2D eigenvalue weighted by atomic mass is 10.1. The van der Waals surface area contributed by atoms with Gasteiger partial charge in [0, 0.05) is 66.3 Å². The molecule has 0 bridgehead atoms. The Morgan fingerprint density at radius 1 is 1.04 bits per heavy atom. The summed E-state index contributed by atoms with van der Waals surface area (Å²) in [6.07, 6.45) is 0.994. The number of H-pyrrole nitrogens is 1. The van der Waals surface area contributed by atoms with Gasteiger partial charge in [-0.25, -0.2) is 0 Å². The summed E-state index contributed by atoms with van der Waals surface area (Å²) in [7, 11) is 0. The summed E-state index contributed by atoms with van der Waals surface area (Å²) in [4.78, 5) is 25.4. The summed E-state index contributed by atoms with van der Waals surface area (Å²) >= 11 is 0. The smallest absolute Gasteiger partial charge is 0.254 e. The van der Waals surface area contributed by atoms with Crippen LogP contribution in [0.5, 0.6) is 0 Å². The number of amides is 1. The van der Waals surface area contributed by atoms with Gasteiger partial charge in [0.05, 0.1) is 0 Å². The summed E-state index contributed by atoms with van der Waals surface area (Å²) in [5, 5.41) is 1.30. The highest BCUT2D eigenvalue weighted by Gasteiger charge is 2.21. The Hall–Kier alpha value is -2.66. The van der Waals surface area contributed by atoms with Crippen molar-refractivity contribution in [1.82, 2.24) is 19.8 Å². The number of aryl methyl sites for hydroxylation is 3. The highest BCUT2D eigenvalue weighted by molar-refractivity contribution is 5.94. The number of hydrogen-bond acceptors (Lipinski definition) is 3. The average molecular weight is 377 g/mol. The van der Waals surface area contributed by atoms with Gasteiger partial charge < -0.3 is 9.88 Å². The first-order chi connectivity index (χ1) is 13.5. The van der Waals surface area contributed by atoms with Crippen LogP contribution in [0.4, 0.5) is 0 Å². The van der Waals surface area contributed by atoms with Gasteiger partial charge in [0.1, 0.15) is 0 Å². The van der Waals surface area contributed by atoms with Crippen LogP contribution in [0.2, 0.25) is 0 Å².